The Labute approximate surface area is 84.7 Å². The summed E-state index contributed by atoms with van der Waals surface area (Å²) in [5.74, 6) is 0. The Hall–Kier alpha value is -0.0900. The minimum absolute atomic E-state index is 0.600. The number of nitrogens with zero attached hydrogens (tertiary/aromatic N) is 1. The van der Waals surface area contributed by atoms with Crippen LogP contribution in [0, 0.1) is 6.92 Å². The van der Waals surface area contributed by atoms with Gasteiger partial charge in [-0.1, -0.05) is 17.7 Å². The summed E-state index contributed by atoms with van der Waals surface area (Å²) in [5, 5.41) is 9.85. The van der Waals surface area contributed by atoms with Gasteiger partial charge in [-0.15, -0.1) is 0 Å². The maximum absolute atomic E-state index is 9.24. The van der Waals surface area contributed by atoms with Gasteiger partial charge >= 0.3 is 0 Å². The van der Waals surface area contributed by atoms with E-state index in [-0.39, 0.29) is 0 Å². The molecule has 0 atom stereocenters. The van der Waals surface area contributed by atoms with Gasteiger partial charge in [0.1, 0.15) is 0 Å². The zero-order valence-corrected chi connectivity index (χ0v) is 8.62. The van der Waals surface area contributed by atoms with Crippen LogP contribution < -0.4 is 4.47 Å². The molecular formula is C7H7Cl2NOS. The summed E-state index contributed by atoms with van der Waals surface area (Å²) in [4.78, 5) is 0. The van der Waals surface area contributed by atoms with Crippen molar-refractivity contribution >= 4 is 39.1 Å². The van der Waals surface area contributed by atoms with E-state index in [1.807, 2.05) is 6.92 Å². The fourth-order valence-electron chi connectivity index (χ4n) is 0.840. The normalized spacial score (nSPS) is 10.0. The van der Waals surface area contributed by atoms with Crippen LogP contribution in [0.15, 0.2) is 18.2 Å². The fraction of sp³-hybridized carbons (Fsp3) is 0.143. The predicted molar refractivity (Wildman–Crippen MR) is 53.9 cm³/mol. The first-order chi connectivity index (χ1) is 5.66. The first-order valence-electron chi connectivity index (χ1n) is 3.19. The Morgan fingerprint density at radius 3 is 2.75 bits per heavy atom. The molecule has 0 saturated heterocycles. The first kappa shape index (κ1) is 9.99. The SMILES string of the molecule is Cc1c(Cl)cccc1N(O)SCl. The zero-order chi connectivity index (χ0) is 9.14. The van der Waals surface area contributed by atoms with Crippen molar-refractivity contribution in [3.63, 3.8) is 0 Å². The molecule has 0 amide bonds. The van der Waals surface area contributed by atoms with Gasteiger partial charge in [0, 0.05) is 5.02 Å². The van der Waals surface area contributed by atoms with Crippen molar-refractivity contribution in [2.24, 2.45) is 0 Å². The Morgan fingerprint density at radius 2 is 2.17 bits per heavy atom. The van der Waals surface area contributed by atoms with E-state index in [1.54, 1.807) is 18.2 Å². The van der Waals surface area contributed by atoms with E-state index in [4.69, 9.17) is 22.3 Å². The van der Waals surface area contributed by atoms with Crippen molar-refractivity contribution in [2.45, 2.75) is 6.92 Å². The molecule has 0 aliphatic heterocycles. The molecule has 66 valence electrons. The van der Waals surface area contributed by atoms with Crippen molar-refractivity contribution in [1.82, 2.24) is 0 Å². The monoisotopic (exact) mass is 223 g/mol. The van der Waals surface area contributed by atoms with Crippen LogP contribution in [0.3, 0.4) is 0 Å². The Bertz CT molecular complexity index is 282. The molecule has 0 aliphatic carbocycles. The maximum Gasteiger partial charge on any atom is 0.0882 e. The highest BCUT2D eigenvalue weighted by molar-refractivity contribution is 8.21. The first-order valence-corrected chi connectivity index (χ1v) is 5.17. The topological polar surface area (TPSA) is 23.5 Å². The Morgan fingerprint density at radius 1 is 1.50 bits per heavy atom. The molecular weight excluding hydrogens is 217 g/mol. The van der Waals surface area contributed by atoms with Crippen LogP contribution in [0.5, 0.6) is 0 Å². The lowest BCUT2D eigenvalue weighted by molar-refractivity contribution is 0.333. The lowest BCUT2D eigenvalue weighted by Crippen LogP contribution is -2.06. The van der Waals surface area contributed by atoms with Crippen LogP contribution in [-0.2, 0) is 0 Å². The van der Waals surface area contributed by atoms with Crippen LogP contribution in [0.25, 0.3) is 0 Å². The second-order valence-electron chi connectivity index (χ2n) is 2.23. The third-order valence-electron chi connectivity index (χ3n) is 1.51. The molecule has 0 heterocycles. The average molecular weight is 224 g/mol. The molecule has 12 heavy (non-hydrogen) atoms. The molecule has 0 aromatic heterocycles. The van der Waals surface area contributed by atoms with Gasteiger partial charge in [0.05, 0.1) is 16.8 Å². The standard InChI is InChI=1S/C7H7Cl2NOS/c1-5-6(8)3-2-4-7(5)10(11)12-9/h2-4,11H,1H3. The van der Waals surface area contributed by atoms with Gasteiger partial charge in [-0.25, -0.2) is 0 Å². The summed E-state index contributed by atoms with van der Waals surface area (Å²) in [7, 11) is 5.36. The predicted octanol–water partition coefficient (Wildman–Crippen LogP) is 3.65. The number of halogens is 2. The van der Waals surface area contributed by atoms with Crippen LogP contribution in [0.4, 0.5) is 5.69 Å². The summed E-state index contributed by atoms with van der Waals surface area (Å²) in [5.41, 5.74) is 1.40. The van der Waals surface area contributed by atoms with E-state index in [0.29, 0.717) is 21.9 Å². The molecule has 1 aromatic carbocycles. The Balaban J connectivity index is 3.07. The van der Waals surface area contributed by atoms with Gasteiger partial charge in [-0.05, 0) is 35.3 Å². The quantitative estimate of drug-likeness (QED) is 0.612. The number of hydrogen-bond donors (Lipinski definition) is 1. The highest BCUT2D eigenvalue weighted by atomic mass is 35.7. The van der Waals surface area contributed by atoms with Crippen molar-refractivity contribution in [2.75, 3.05) is 4.47 Å². The zero-order valence-electron chi connectivity index (χ0n) is 6.29. The molecule has 0 spiro atoms. The summed E-state index contributed by atoms with van der Waals surface area (Å²) < 4.78 is 0.864. The summed E-state index contributed by atoms with van der Waals surface area (Å²) >= 11 is 6.53. The molecule has 0 bridgehead atoms. The highest BCUT2D eigenvalue weighted by Crippen LogP contribution is 2.30. The molecule has 1 N–H and O–H groups in total. The molecule has 1 aromatic rings. The highest BCUT2D eigenvalue weighted by Gasteiger charge is 2.07. The van der Waals surface area contributed by atoms with E-state index < -0.39 is 0 Å². The fourth-order valence-corrected chi connectivity index (χ4v) is 1.51. The molecule has 0 unspecified atom stereocenters. The van der Waals surface area contributed by atoms with Gasteiger partial charge in [-0.3, -0.25) is 5.21 Å². The van der Waals surface area contributed by atoms with E-state index in [0.717, 1.165) is 10.0 Å². The minimum Gasteiger partial charge on any atom is -0.276 e. The number of benzene rings is 1. The van der Waals surface area contributed by atoms with Crippen LogP contribution >= 0.6 is 33.4 Å². The second-order valence-corrected chi connectivity index (χ2v) is 3.53. The third-order valence-corrected chi connectivity index (χ3v) is 2.64. The molecule has 1 rings (SSSR count). The van der Waals surface area contributed by atoms with Crippen molar-refractivity contribution in [1.29, 1.82) is 0 Å². The largest absolute Gasteiger partial charge is 0.276 e. The number of hydrogen-bond acceptors (Lipinski definition) is 3. The van der Waals surface area contributed by atoms with E-state index in [9.17, 15) is 5.21 Å². The van der Waals surface area contributed by atoms with E-state index in [1.165, 1.54) is 0 Å². The molecule has 0 aliphatic rings. The molecule has 5 heteroatoms. The number of rotatable bonds is 2. The van der Waals surface area contributed by atoms with E-state index >= 15 is 0 Å². The van der Waals surface area contributed by atoms with Crippen LogP contribution in [0.2, 0.25) is 5.02 Å². The second kappa shape index (κ2) is 4.23. The van der Waals surface area contributed by atoms with Gasteiger partial charge < -0.3 is 0 Å². The van der Waals surface area contributed by atoms with Crippen molar-refractivity contribution < 1.29 is 5.21 Å². The van der Waals surface area contributed by atoms with Crippen LogP contribution in [0.1, 0.15) is 5.56 Å². The van der Waals surface area contributed by atoms with Gasteiger partial charge in [0.15, 0.2) is 0 Å². The molecule has 0 fully saturated rings. The third kappa shape index (κ3) is 1.98. The summed E-state index contributed by atoms with van der Waals surface area (Å²) in [6, 6.07) is 5.24. The van der Waals surface area contributed by atoms with E-state index in [2.05, 4.69) is 0 Å². The van der Waals surface area contributed by atoms with Gasteiger partial charge in [-0.2, -0.15) is 4.47 Å². The number of anilines is 1. The molecule has 0 radical (unpaired) electrons. The molecule has 2 nitrogen and oxygen atoms in total. The van der Waals surface area contributed by atoms with Crippen molar-refractivity contribution in [3.05, 3.63) is 28.8 Å². The average Bonchev–Trinajstić information content (AvgIpc) is 2.08. The minimum atomic E-state index is 0.600. The van der Waals surface area contributed by atoms with Crippen molar-refractivity contribution in [3.8, 4) is 0 Å². The Kier molecular flexibility index (Phi) is 3.53. The maximum atomic E-state index is 9.24. The summed E-state index contributed by atoms with van der Waals surface area (Å²) in [6.45, 7) is 1.81. The van der Waals surface area contributed by atoms with Crippen LogP contribution in [-0.4, -0.2) is 5.21 Å². The smallest absolute Gasteiger partial charge is 0.0882 e. The molecule has 0 saturated carbocycles. The lowest BCUT2D eigenvalue weighted by atomic mass is 10.2. The summed E-state index contributed by atoms with van der Waals surface area (Å²) in [6.07, 6.45) is 0. The van der Waals surface area contributed by atoms with Gasteiger partial charge in [0.2, 0.25) is 0 Å². The van der Waals surface area contributed by atoms with Gasteiger partial charge in [0.25, 0.3) is 0 Å². The lowest BCUT2D eigenvalue weighted by Gasteiger charge is -2.14.